The van der Waals surface area contributed by atoms with Gasteiger partial charge in [0.15, 0.2) is 0 Å². The van der Waals surface area contributed by atoms with E-state index in [1.807, 2.05) is 46.1 Å². The van der Waals surface area contributed by atoms with E-state index in [2.05, 4.69) is 41.5 Å². The molecule has 5 nitrogen and oxygen atoms in total. The van der Waals surface area contributed by atoms with Gasteiger partial charge < -0.3 is 4.90 Å². The second kappa shape index (κ2) is 7.96. The molecule has 0 radical (unpaired) electrons. The van der Waals surface area contributed by atoms with Crippen LogP contribution in [0.15, 0.2) is 60.8 Å². The second-order valence-electron chi connectivity index (χ2n) is 6.63. The van der Waals surface area contributed by atoms with Crippen LogP contribution in [0.5, 0.6) is 0 Å². The molecule has 0 N–H and O–H groups in total. The molecule has 6 heteroatoms. The Hall–Kier alpha value is -2.60. The Morgan fingerprint density at radius 1 is 1.04 bits per heavy atom. The normalized spacial score (nSPS) is 16.9. The quantitative estimate of drug-likeness (QED) is 0.657. The van der Waals surface area contributed by atoms with Crippen molar-refractivity contribution in [2.75, 3.05) is 5.75 Å². The summed E-state index contributed by atoms with van der Waals surface area (Å²) in [6.07, 6.45) is 2.97. The average molecular weight is 379 g/mol. The molecule has 1 aliphatic rings. The highest BCUT2D eigenvalue weighted by Crippen LogP contribution is 2.38. The minimum absolute atomic E-state index is 0.0760. The number of rotatable bonds is 6. The van der Waals surface area contributed by atoms with Gasteiger partial charge in [0.1, 0.15) is 11.1 Å². The van der Waals surface area contributed by atoms with E-state index < -0.39 is 0 Å². The zero-order chi connectivity index (χ0) is 18.6. The summed E-state index contributed by atoms with van der Waals surface area (Å²) in [6, 6.07) is 18.5. The molecule has 27 heavy (non-hydrogen) atoms. The summed E-state index contributed by atoms with van der Waals surface area (Å²) in [5.74, 6) is 0.642. The van der Waals surface area contributed by atoms with Crippen LogP contribution in [0.3, 0.4) is 0 Å². The first-order valence-corrected chi connectivity index (χ1v) is 10.2. The van der Waals surface area contributed by atoms with E-state index in [1.54, 1.807) is 11.8 Å². The molecule has 2 heterocycles. The summed E-state index contributed by atoms with van der Waals surface area (Å²) in [6.45, 7) is 3.46. The molecular formula is C21H22N4OS. The SMILES string of the molecule is CCc1ccccc1Cn1cc(C2SCC(=O)N2Cc2ccccc2)nn1. The first-order valence-electron chi connectivity index (χ1n) is 9.16. The van der Waals surface area contributed by atoms with Crippen molar-refractivity contribution in [2.24, 2.45) is 0 Å². The van der Waals surface area contributed by atoms with Crippen molar-refractivity contribution in [2.45, 2.75) is 31.8 Å². The van der Waals surface area contributed by atoms with Gasteiger partial charge in [0.25, 0.3) is 0 Å². The zero-order valence-corrected chi connectivity index (χ0v) is 16.1. The van der Waals surface area contributed by atoms with Gasteiger partial charge in [-0.05, 0) is 23.1 Å². The van der Waals surface area contributed by atoms with E-state index in [9.17, 15) is 4.79 Å². The van der Waals surface area contributed by atoms with Crippen LogP contribution in [0.25, 0.3) is 0 Å². The van der Waals surface area contributed by atoms with Gasteiger partial charge in [-0.25, -0.2) is 4.68 Å². The Kier molecular flexibility index (Phi) is 5.25. The molecule has 138 valence electrons. The third kappa shape index (κ3) is 3.90. The molecule has 2 aromatic carbocycles. The monoisotopic (exact) mass is 378 g/mol. The lowest BCUT2D eigenvalue weighted by molar-refractivity contribution is -0.128. The number of amides is 1. The van der Waals surface area contributed by atoms with Crippen LogP contribution in [0, 0.1) is 0 Å². The average Bonchev–Trinajstić information content (AvgIpc) is 3.30. The van der Waals surface area contributed by atoms with E-state index in [1.165, 1.54) is 11.1 Å². The standard InChI is InChI=1S/C21H22N4OS/c1-2-17-10-6-7-11-18(17)13-24-14-19(22-23-24)21-25(20(26)15-27-21)12-16-8-4-3-5-9-16/h3-11,14,21H,2,12-13,15H2,1H3. The Morgan fingerprint density at radius 2 is 1.78 bits per heavy atom. The van der Waals surface area contributed by atoms with Gasteiger partial charge >= 0.3 is 0 Å². The molecule has 1 unspecified atom stereocenters. The van der Waals surface area contributed by atoms with Crippen molar-refractivity contribution in [3.05, 3.63) is 83.2 Å². The predicted octanol–water partition coefficient (Wildman–Crippen LogP) is 3.66. The van der Waals surface area contributed by atoms with Crippen molar-refractivity contribution < 1.29 is 4.79 Å². The van der Waals surface area contributed by atoms with E-state index in [-0.39, 0.29) is 11.3 Å². The summed E-state index contributed by atoms with van der Waals surface area (Å²) in [5.41, 5.74) is 4.55. The van der Waals surface area contributed by atoms with Crippen LogP contribution in [-0.4, -0.2) is 31.6 Å². The minimum Gasteiger partial charge on any atom is -0.320 e. The van der Waals surface area contributed by atoms with Crippen molar-refractivity contribution in [1.82, 2.24) is 19.9 Å². The van der Waals surface area contributed by atoms with Gasteiger partial charge in [-0.3, -0.25) is 4.79 Å². The molecular weight excluding hydrogens is 356 g/mol. The fourth-order valence-corrected chi connectivity index (χ4v) is 4.50. The number of thioether (sulfide) groups is 1. The van der Waals surface area contributed by atoms with E-state index in [4.69, 9.17) is 0 Å². The summed E-state index contributed by atoms with van der Waals surface area (Å²) in [5, 5.41) is 8.61. The lowest BCUT2D eigenvalue weighted by Gasteiger charge is -2.22. The highest BCUT2D eigenvalue weighted by molar-refractivity contribution is 8.00. The van der Waals surface area contributed by atoms with Crippen molar-refractivity contribution in [3.8, 4) is 0 Å². The minimum atomic E-state index is -0.0760. The third-order valence-electron chi connectivity index (χ3n) is 4.80. The number of carbonyl (C=O) groups is 1. The number of nitrogens with zero attached hydrogens (tertiary/aromatic N) is 4. The first-order chi connectivity index (χ1) is 13.2. The lowest BCUT2D eigenvalue weighted by atomic mass is 10.1. The Morgan fingerprint density at radius 3 is 2.56 bits per heavy atom. The summed E-state index contributed by atoms with van der Waals surface area (Å²) < 4.78 is 1.87. The summed E-state index contributed by atoms with van der Waals surface area (Å²) in [4.78, 5) is 14.3. The molecule has 1 fully saturated rings. The maximum atomic E-state index is 12.4. The van der Waals surface area contributed by atoms with Crippen molar-refractivity contribution in [3.63, 3.8) is 0 Å². The summed E-state index contributed by atoms with van der Waals surface area (Å²) >= 11 is 1.62. The zero-order valence-electron chi connectivity index (χ0n) is 15.3. The molecule has 0 saturated carbocycles. The summed E-state index contributed by atoms with van der Waals surface area (Å²) in [7, 11) is 0. The van der Waals surface area contributed by atoms with Crippen LogP contribution in [-0.2, 0) is 24.3 Å². The predicted molar refractivity (Wildman–Crippen MR) is 107 cm³/mol. The highest BCUT2D eigenvalue weighted by Gasteiger charge is 2.34. The fraction of sp³-hybridized carbons (Fsp3) is 0.286. The van der Waals surface area contributed by atoms with Gasteiger partial charge in [-0.1, -0.05) is 66.7 Å². The van der Waals surface area contributed by atoms with E-state index >= 15 is 0 Å². The number of aryl methyl sites for hydroxylation is 1. The molecule has 1 amide bonds. The van der Waals surface area contributed by atoms with Gasteiger partial charge in [-0.15, -0.1) is 16.9 Å². The molecule has 0 bridgehead atoms. The molecule has 1 atom stereocenters. The molecule has 1 saturated heterocycles. The maximum absolute atomic E-state index is 12.4. The van der Waals surface area contributed by atoms with E-state index in [0.29, 0.717) is 18.8 Å². The van der Waals surface area contributed by atoms with Crippen molar-refractivity contribution >= 4 is 17.7 Å². The number of aromatic nitrogens is 3. The topological polar surface area (TPSA) is 51.0 Å². The first kappa shape index (κ1) is 17.8. The van der Waals surface area contributed by atoms with Crippen LogP contribution in [0.1, 0.15) is 34.7 Å². The molecule has 4 rings (SSSR count). The highest BCUT2D eigenvalue weighted by atomic mass is 32.2. The van der Waals surface area contributed by atoms with Crippen LogP contribution in [0.2, 0.25) is 0 Å². The number of carbonyl (C=O) groups excluding carboxylic acids is 1. The fourth-order valence-electron chi connectivity index (χ4n) is 3.39. The molecule has 1 aromatic heterocycles. The molecule has 3 aromatic rings. The van der Waals surface area contributed by atoms with Gasteiger partial charge in [0.05, 0.1) is 18.5 Å². The molecule has 0 spiro atoms. The van der Waals surface area contributed by atoms with Gasteiger partial charge in [0, 0.05) is 6.54 Å². The van der Waals surface area contributed by atoms with Gasteiger partial charge in [0.2, 0.25) is 5.91 Å². The van der Waals surface area contributed by atoms with Crippen LogP contribution in [0.4, 0.5) is 0 Å². The lowest BCUT2D eigenvalue weighted by Crippen LogP contribution is -2.27. The van der Waals surface area contributed by atoms with Gasteiger partial charge in [-0.2, -0.15) is 0 Å². The van der Waals surface area contributed by atoms with E-state index in [0.717, 1.165) is 17.7 Å². The Balaban J connectivity index is 1.52. The molecule has 1 aliphatic heterocycles. The van der Waals surface area contributed by atoms with Crippen molar-refractivity contribution in [1.29, 1.82) is 0 Å². The third-order valence-corrected chi connectivity index (χ3v) is 6.03. The number of hydrogen-bond donors (Lipinski definition) is 0. The second-order valence-corrected chi connectivity index (χ2v) is 7.70. The van der Waals surface area contributed by atoms with Crippen LogP contribution < -0.4 is 0 Å². The number of hydrogen-bond acceptors (Lipinski definition) is 4. The Labute approximate surface area is 163 Å². The number of benzene rings is 2. The van der Waals surface area contributed by atoms with Crippen LogP contribution >= 0.6 is 11.8 Å². The maximum Gasteiger partial charge on any atom is 0.234 e. The Bertz CT molecular complexity index is 925. The largest absolute Gasteiger partial charge is 0.320 e. The molecule has 0 aliphatic carbocycles. The smallest absolute Gasteiger partial charge is 0.234 e.